The van der Waals surface area contributed by atoms with Crippen molar-refractivity contribution < 1.29 is 32.7 Å². The summed E-state index contributed by atoms with van der Waals surface area (Å²) in [6.45, 7) is 3.47. The summed E-state index contributed by atoms with van der Waals surface area (Å²) in [5, 5.41) is 8.69. The van der Waals surface area contributed by atoms with Crippen molar-refractivity contribution in [3.63, 3.8) is 0 Å². The zero-order valence-corrected chi connectivity index (χ0v) is 10.6. The Balaban J connectivity index is 5.64. The highest BCUT2D eigenvalue weighted by molar-refractivity contribution is 6.04. The SMILES string of the molecule is CC(=O)C(C(=O)O)N(C(=O)C(N)C(C)C)C(F)(F)F. The third-order valence-electron chi connectivity index (χ3n) is 2.39. The molecule has 2 unspecified atom stereocenters. The third kappa shape index (κ3) is 4.19. The lowest BCUT2D eigenvalue weighted by Crippen LogP contribution is -2.60. The van der Waals surface area contributed by atoms with Gasteiger partial charge in [0.15, 0.2) is 11.8 Å². The van der Waals surface area contributed by atoms with Gasteiger partial charge in [0.2, 0.25) is 5.91 Å². The number of carbonyl (C=O) groups is 3. The molecular weight excluding hydrogens is 269 g/mol. The molecule has 2 atom stereocenters. The first kappa shape index (κ1) is 17.4. The Morgan fingerprint density at radius 2 is 1.63 bits per heavy atom. The van der Waals surface area contributed by atoms with Gasteiger partial charge in [0.05, 0.1) is 6.04 Å². The molecule has 0 aromatic rings. The van der Waals surface area contributed by atoms with Crippen LogP contribution in [0.2, 0.25) is 0 Å². The molecule has 0 aromatic carbocycles. The van der Waals surface area contributed by atoms with Gasteiger partial charge in [-0.15, -0.1) is 13.2 Å². The third-order valence-corrected chi connectivity index (χ3v) is 2.39. The lowest BCUT2D eigenvalue weighted by Gasteiger charge is -2.31. The Morgan fingerprint density at radius 3 is 1.84 bits per heavy atom. The van der Waals surface area contributed by atoms with Gasteiger partial charge in [0.25, 0.3) is 0 Å². The maximum Gasteiger partial charge on any atom is 0.488 e. The van der Waals surface area contributed by atoms with Crippen molar-refractivity contribution in [2.45, 2.75) is 39.2 Å². The predicted octanol–water partition coefficient (Wildman–Crippen LogP) is 0.360. The summed E-state index contributed by atoms with van der Waals surface area (Å²) in [5.74, 6) is -5.66. The molecule has 0 saturated heterocycles. The second-order valence-electron chi connectivity index (χ2n) is 4.30. The monoisotopic (exact) mass is 284 g/mol. The second kappa shape index (κ2) is 6.00. The number of ketones is 1. The van der Waals surface area contributed by atoms with Gasteiger partial charge in [-0.25, -0.2) is 9.69 Å². The van der Waals surface area contributed by atoms with Gasteiger partial charge in [-0.2, -0.15) is 0 Å². The maximum absolute atomic E-state index is 12.8. The minimum Gasteiger partial charge on any atom is -0.479 e. The quantitative estimate of drug-likeness (QED) is 0.561. The number of hydrogen-bond acceptors (Lipinski definition) is 4. The molecule has 0 rings (SSSR count). The lowest BCUT2D eigenvalue weighted by molar-refractivity contribution is -0.251. The fraction of sp³-hybridized carbons (Fsp3) is 0.700. The summed E-state index contributed by atoms with van der Waals surface area (Å²) in [6, 6.07) is -4.18. The Kier molecular flexibility index (Phi) is 5.48. The highest BCUT2D eigenvalue weighted by Crippen LogP contribution is 2.26. The minimum absolute atomic E-state index is 0.640. The van der Waals surface area contributed by atoms with E-state index in [9.17, 15) is 27.6 Å². The number of halogens is 3. The van der Waals surface area contributed by atoms with Crippen molar-refractivity contribution in [2.75, 3.05) is 0 Å². The topological polar surface area (TPSA) is 101 Å². The summed E-state index contributed by atoms with van der Waals surface area (Å²) in [4.78, 5) is 32.5. The molecule has 0 aromatic heterocycles. The van der Waals surface area contributed by atoms with E-state index in [2.05, 4.69) is 0 Å². The van der Waals surface area contributed by atoms with Crippen molar-refractivity contribution in [2.24, 2.45) is 11.7 Å². The van der Waals surface area contributed by atoms with Gasteiger partial charge in [-0.1, -0.05) is 13.8 Å². The van der Waals surface area contributed by atoms with Crippen LogP contribution in [-0.4, -0.2) is 46.1 Å². The number of nitrogens with two attached hydrogens (primary N) is 1. The number of nitrogens with zero attached hydrogens (tertiary/aromatic N) is 1. The van der Waals surface area contributed by atoms with E-state index in [0.717, 1.165) is 0 Å². The average molecular weight is 284 g/mol. The van der Waals surface area contributed by atoms with E-state index >= 15 is 0 Å². The first-order valence-electron chi connectivity index (χ1n) is 5.30. The van der Waals surface area contributed by atoms with E-state index in [1.54, 1.807) is 0 Å². The molecule has 110 valence electrons. The van der Waals surface area contributed by atoms with E-state index < -0.39 is 46.9 Å². The minimum atomic E-state index is -5.31. The number of alkyl halides is 3. The van der Waals surface area contributed by atoms with E-state index in [4.69, 9.17) is 10.8 Å². The molecule has 1 amide bonds. The van der Waals surface area contributed by atoms with Crippen molar-refractivity contribution in [1.82, 2.24) is 4.90 Å². The fourth-order valence-electron chi connectivity index (χ4n) is 1.31. The zero-order chi connectivity index (χ0) is 15.5. The summed E-state index contributed by atoms with van der Waals surface area (Å²) in [5.41, 5.74) is 5.30. The van der Waals surface area contributed by atoms with Crippen LogP contribution in [0.3, 0.4) is 0 Å². The molecule has 0 aliphatic heterocycles. The van der Waals surface area contributed by atoms with Gasteiger partial charge in [-0.05, 0) is 12.8 Å². The summed E-state index contributed by atoms with van der Waals surface area (Å²) < 4.78 is 38.4. The maximum atomic E-state index is 12.8. The number of Topliss-reactive ketones (excluding diaryl/α,β-unsaturated/α-hetero) is 1. The molecule has 0 aliphatic carbocycles. The van der Waals surface area contributed by atoms with Gasteiger partial charge in [0, 0.05) is 0 Å². The lowest BCUT2D eigenvalue weighted by atomic mass is 10.0. The number of amides is 1. The summed E-state index contributed by atoms with van der Waals surface area (Å²) in [6.07, 6.45) is -5.31. The standard InChI is InChI=1S/C10H15F3N2O4/c1-4(2)6(14)8(17)15(10(11,12)13)7(5(3)16)9(18)19/h4,6-7H,14H2,1-3H3,(H,18,19). The fourth-order valence-corrected chi connectivity index (χ4v) is 1.31. The Morgan fingerprint density at radius 1 is 1.21 bits per heavy atom. The molecule has 0 saturated carbocycles. The Hall–Kier alpha value is -1.64. The van der Waals surface area contributed by atoms with Crippen LogP contribution in [0.4, 0.5) is 13.2 Å². The van der Waals surface area contributed by atoms with E-state index in [0.29, 0.717) is 6.92 Å². The van der Waals surface area contributed by atoms with Crippen LogP contribution >= 0.6 is 0 Å². The van der Waals surface area contributed by atoms with E-state index in [-0.39, 0.29) is 0 Å². The number of hydrogen-bond donors (Lipinski definition) is 2. The molecular formula is C10H15F3N2O4. The molecule has 19 heavy (non-hydrogen) atoms. The molecule has 0 fully saturated rings. The van der Waals surface area contributed by atoms with Gasteiger partial charge in [0.1, 0.15) is 0 Å². The van der Waals surface area contributed by atoms with Crippen molar-refractivity contribution in [1.29, 1.82) is 0 Å². The van der Waals surface area contributed by atoms with Gasteiger partial charge in [-0.3, -0.25) is 9.59 Å². The number of carboxylic acid groups (broad SMARTS) is 1. The largest absolute Gasteiger partial charge is 0.488 e. The Bertz CT molecular complexity index is 367. The van der Waals surface area contributed by atoms with Crippen LogP contribution in [0, 0.1) is 5.92 Å². The van der Waals surface area contributed by atoms with Crippen LogP contribution in [0.1, 0.15) is 20.8 Å². The highest BCUT2D eigenvalue weighted by atomic mass is 19.4. The van der Waals surface area contributed by atoms with E-state index in [1.807, 2.05) is 0 Å². The highest BCUT2D eigenvalue weighted by Gasteiger charge is 2.51. The van der Waals surface area contributed by atoms with Crippen LogP contribution in [-0.2, 0) is 14.4 Å². The predicted molar refractivity (Wildman–Crippen MR) is 57.8 cm³/mol. The summed E-state index contributed by atoms with van der Waals surface area (Å²) in [7, 11) is 0. The van der Waals surface area contributed by atoms with Crippen LogP contribution in [0.5, 0.6) is 0 Å². The number of rotatable bonds is 5. The molecule has 0 radical (unpaired) electrons. The molecule has 6 nitrogen and oxygen atoms in total. The van der Waals surface area contributed by atoms with Crippen LogP contribution < -0.4 is 5.73 Å². The number of carbonyl (C=O) groups excluding carboxylic acids is 2. The molecule has 0 aliphatic rings. The van der Waals surface area contributed by atoms with E-state index in [1.165, 1.54) is 13.8 Å². The molecule has 9 heteroatoms. The molecule has 3 N–H and O–H groups in total. The van der Waals surface area contributed by atoms with Crippen molar-refractivity contribution >= 4 is 17.7 Å². The smallest absolute Gasteiger partial charge is 0.479 e. The average Bonchev–Trinajstić information content (AvgIpc) is 2.20. The normalized spacial score (nSPS) is 14.9. The first-order chi connectivity index (χ1) is 8.41. The van der Waals surface area contributed by atoms with Gasteiger partial charge >= 0.3 is 12.3 Å². The van der Waals surface area contributed by atoms with Crippen LogP contribution in [0.25, 0.3) is 0 Å². The zero-order valence-electron chi connectivity index (χ0n) is 10.6. The summed E-state index contributed by atoms with van der Waals surface area (Å²) >= 11 is 0. The number of carboxylic acids is 1. The van der Waals surface area contributed by atoms with Crippen LogP contribution in [0.15, 0.2) is 0 Å². The number of aliphatic carboxylic acids is 1. The van der Waals surface area contributed by atoms with Crippen molar-refractivity contribution in [3.8, 4) is 0 Å². The van der Waals surface area contributed by atoms with Gasteiger partial charge < -0.3 is 10.8 Å². The first-order valence-corrected chi connectivity index (χ1v) is 5.30. The molecule has 0 spiro atoms. The molecule has 0 heterocycles. The second-order valence-corrected chi connectivity index (χ2v) is 4.30. The molecule has 0 bridgehead atoms. The van der Waals surface area contributed by atoms with Crippen molar-refractivity contribution in [3.05, 3.63) is 0 Å². The Labute approximate surface area is 107 Å².